The van der Waals surface area contributed by atoms with Crippen LogP contribution in [-0.4, -0.2) is 21.6 Å². The molecular weight excluding hydrogens is 282 g/mol. The molecule has 0 atom stereocenters. The van der Waals surface area contributed by atoms with Gasteiger partial charge in [0, 0.05) is 10.7 Å². The Morgan fingerprint density at radius 3 is 2.56 bits per heavy atom. The van der Waals surface area contributed by atoms with Crippen LogP contribution in [0.3, 0.4) is 0 Å². The van der Waals surface area contributed by atoms with Crippen molar-refractivity contribution >= 4 is 26.0 Å². The van der Waals surface area contributed by atoms with E-state index in [1.165, 1.54) is 17.9 Å². The Morgan fingerprint density at radius 1 is 1.39 bits per heavy atom. The number of rotatable bonds is 4. The lowest BCUT2D eigenvalue weighted by Crippen LogP contribution is -2.29. The number of halogens is 1. The van der Waals surface area contributed by atoms with Crippen LogP contribution in [0.5, 0.6) is 11.5 Å². The first-order valence-corrected chi connectivity index (χ1v) is 7.27. The van der Waals surface area contributed by atoms with Crippen molar-refractivity contribution in [3.8, 4) is 11.5 Å². The second kappa shape index (κ2) is 5.92. The third-order valence-corrected chi connectivity index (χ3v) is 2.69. The molecule has 0 saturated carbocycles. The first kappa shape index (κ1) is 14.6. The van der Waals surface area contributed by atoms with Crippen LogP contribution in [0.1, 0.15) is 12.5 Å². The van der Waals surface area contributed by atoms with Crippen molar-refractivity contribution < 1.29 is 22.7 Å². The van der Waals surface area contributed by atoms with E-state index in [4.69, 9.17) is 20.2 Å². The maximum atomic E-state index is 11.2. The molecule has 0 fully saturated rings. The molecule has 1 aromatic carbocycles. The molecule has 0 aromatic heterocycles. The summed E-state index contributed by atoms with van der Waals surface area (Å²) in [4.78, 5) is 11.2. The molecule has 100 valence electrons. The second-order valence-corrected chi connectivity index (χ2v) is 5.57. The predicted octanol–water partition coefficient (Wildman–Crippen LogP) is 1.83. The molecule has 0 aliphatic rings. The fourth-order valence-electron chi connectivity index (χ4n) is 1.24. The molecule has 0 bridgehead atoms. The highest BCUT2D eigenvalue weighted by atomic mass is 35.7. The second-order valence-electron chi connectivity index (χ2n) is 3.27. The van der Waals surface area contributed by atoms with Crippen molar-refractivity contribution in [1.82, 2.24) is 4.72 Å². The van der Waals surface area contributed by atoms with Gasteiger partial charge in [-0.1, -0.05) is 13.0 Å². The number of carbonyl (C=O) groups excluding carboxylic acids is 1. The van der Waals surface area contributed by atoms with Gasteiger partial charge in [-0.15, -0.1) is 0 Å². The van der Waals surface area contributed by atoms with Crippen LogP contribution in [0, 0.1) is 0 Å². The Bertz CT molecular complexity index is 543. The van der Waals surface area contributed by atoms with Gasteiger partial charge in [0.15, 0.2) is 11.5 Å². The third kappa shape index (κ3) is 4.42. The van der Waals surface area contributed by atoms with Crippen molar-refractivity contribution in [3.05, 3.63) is 23.8 Å². The van der Waals surface area contributed by atoms with E-state index < -0.39 is 15.3 Å². The van der Waals surface area contributed by atoms with E-state index in [0.717, 1.165) is 12.0 Å². The number of hydrogen-bond acceptors (Lipinski definition) is 5. The normalized spacial score (nSPS) is 10.8. The summed E-state index contributed by atoms with van der Waals surface area (Å²) in [5.41, 5.74) is 0.990. The molecule has 0 spiro atoms. The molecule has 0 heterocycles. The molecule has 0 aliphatic carbocycles. The standard InChI is InChI=1S/C10H12ClNO5S/c1-3-7-4-5-8(9(6-7)16-2)17-10(13)12-18(11,14)15/h4-6H,3H2,1-2H3,(H,12,13). The average Bonchev–Trinajstić information content (AvgIpc) is 2.27. The molecule has 18 heavy (non-hydrogen) atoms. The van der Waals surface area contributed by atoms with E-state index in [2.05, 4.69) is 0 Å². The molecule has 0 saturated heterocycles. The highest BCUT2D eigenvalue weighted by Crippen LogP contribution is 2.28. The number of carbonyl (C=O) groups is 1. The zero-order valence-corrected chi connectivity index (χ0v) is 11.3. The number of nitrogens with one attached hydrogen (secondary N) is 1. The third-order valence-electron chi connectivity index (χ3n) is 2.04. The summed E-state index contributed by atoms with van der Waals surface area (Å²) in [6, 6.07) is 4.94. The van der Waals surface area contributed by atoms with Crippen molar-refractivity contribution in [2.45, 2.75) is 13.3 Å². The summed E-state index contributed by atoms with van der Waals surface area (Å²) in [6.07, 6.45) is -0.411. The molecule has 1 rings (SSSR count). The molecular formula is C10H12ClNO5S. The van der Waals surface area contributed by atoms with Crippen LogP contribution >= 0.6 is 10.7 Å². The lowest BCUT2D eigenvalue weighted by Gasteiger charge is -2.10. The molecule has 8 heteroatoms. The molecule has 0 radical (unpaired) electrons. The van der Waals surface area contributed by atoms with E-state index in [1.807, 2.05) is 6.92 Å². The fraction of sp³-hybridized carbons (Fsp3) is 0.300. The smallest absolute Gasteiger partial charge is 0.427 e. The Kier molecular flexibility index (Phi) is 4.80. The van der Waals surface area contributed by atoms with Crippen LogP contribution in [0.2, 0.25) is 0 Å². The van der Waals surface area contributed by atoms with Crippen molar-refractivity contribution in [1.29, 1.82) is 0 Å². The van der Waals surface area contributed by atoms with Crippen LogP contribution < -0.4 is 14.2 Å². The molecule has 0 unspecified atom stereocenters. The van der Waals surface area contributed by atoms with Gasteiger partial charge in [-0.3, -0.25) is 0 Å². The molecule has 0 aliphatic heterocycles. The zero-order valence-electron chi connectivity index (χ0n) is 9.77. The number of hydrogen-bond donors (Lipinski definition) is 1. The SMILES string of the molecule is CCc1ccc(OC(=O)NS(=O)(=O)Cl)c(OC)c1. The van der Waals surface area contributed by atoms with E-state index in [0.29, 0.717) is 5.75 Å². The highest BCUT2D eigenvalue weighted by Gasteiger charge is 2.15. The lowest BCUT2D eigenvalue weighted by atomic mass is 10.1. The summed E-state index contributed by atoms with van der Waals surface area (Å²) in [5, 5.41) is 0. The predicted molar refractivity (Wildman–Crippen MR) is 66.3 cm³/mol. The van der Waals surface area contributed by atoms with E-state index >= 15 is 0 Å². The van der Waals surface area contributed by atoms with Gasteiger partial charge in [-0.25, -0.2) is 9.52 Å². The fourth-order valence-corrected chi connectivity index (χ4v) is 1.67. The van der Waals surface area contributed by atoms with Gasteiger partial charge in [-0.2, -0.15) is 8.42 Å². The average molecular weight is 294 g/mol. The minimum Gasteiger partial charge on any atom is -0.493 e. The van der Waals surface area contributed by atoms with E-state index in [-0.39, 0.29) is 5.75 Å². The van der Waals surface area contributed by atoms with E-state index in [9.17, 15) is 13.2 Å². The maximum absolute atomic E-state index is 11.2. The number of amides is 1. The van der Waals surface area contributed by atoms with Gasteiger partial charge >= 0.3 is 15.3 Å². The van der Waals surface area contributed by atoms with Gasteiger partial charge in [0.25, 0.3) is 0 Å². The summed E-state index contributed by atoms with van der Waals surface area (Å²) in [5.74, 6) is 0.434. The molecule has 6 nitrogen and oxygen atoms in total. The Balaban J connectivity index is 2.87. The Labute approximate surface area is 109 Å². The highest BCUT2D eigenvalue weighted by molar-refractivity contribution is 8.12. The Morgan fingerprint density at radius 2 is 2.06 bits per heavy atom. The Hall–Kier alpha value is -1.47. The van der Waals surface area contributed by atoms with Crippen LogP contribution in [0.25, 0.3) is 0 Å². The molecule has 1 N–H and O–H groups in total. The van der Waals surface area contributed by atoms with Gasteiger partial charge < -0.3 is 9.47 Å². The van der Waals surface area contributed by atoms with Gasteiger partial charge in [0.1, 0.15) is 0 Å². The zero-order chi connectivity index (χ0) is 13.8. The van der Waals surface area contributed by atoms with Crippen molar-refractivity contribution in [2.75, 3.05) is 7.11 Å². The van der Waals surface area contributed by atoms with Crippen LogP contribution in [0.15, 0.2) is 18.2 Å². The minimum absolute atomic E-state index is 0.104. The minimum atomic E-state index is -4.17. The summed E-state index contributed by atoms with van der Waals surface area (Å²) in [6.45, 7) is 1.96. The lowest BCUT2D eigenvalue weighted by molar-refractivity contribution is 0.205. The van der Waals surface area contributed by atoms with Crippen molar-refractivity contribution in [2.24, 2.45) is 0 Å². The quantitative estimate of drug-likeness (QED) is 0.857. The topological polar surface area (TPSA) is 81.7 Å². The van der Waals surface area contributed by atoms with Gasteiger partial charge in [0.2, 0.25) is 0 Å². The number of methoxy groups -OCH3 is 1. The maximum Gasteiger partial charge on any atom is 0.427 e. The van der Waals surface area contributed by atoms with Gasteiger partial charge in [0.05, 0.1) is 7.11 Å². The number of aryl methyl sites for hydroxylation is 1. The summed E-state index contributed by atoms with van der Waals surface area (Å²) >= 11 is 0. The first-order valence-electron chi connectivity index (χ1n) is 4.97. The van der Waals surface area contributed by atoms with Crippen LogP contribution in [-0.2, 0) is 15.7 Å². The molecule has 1 aromatic rings. The first-order chi connectivity index (χ1) is 8.35. The summed E-state index contributed by atoms with van der Waals surface area (Å²) < 4.78 is 32.5. The summed E-state index contributed by atoms with van der Waals surface area (Å²) in [7, 11) is 2.09. The van der Waals surface area contributed by atoms with Crippen molar-refractivity contribution in [3.63, 3.8) is 0 Å². The van der Waals surface area contributed by atoms with Crippen LogP contribution in [0.4, 0.5) is 4.79 Å². The monoisotopic (exact) mass is 293 g/mol. The largest absolute Gasteiger partial charge is 0.493 e. The number of benzene rings is 1. The molecule has 1 amide bonds. The number of ether oxygens (including phenoxy) is 2. The van der Waals surface area contributed by atoms with Gasteiger partial charge in [-0.05, 0) is 24.1 Å². The van der Waals surface area contributed by atoms with E-state index in [1.54, 1.807) is 12.1 Å².